The van der Waals surface area contributed by atoms with Crippen molar-refractivity contribution < 1.29 is 5.11 Å². The van der Waals surface area contributed by atoms with Gasteiger partial charge in [-0.25, -0.2) is 4.98 Å². The summed E-state index contributed by atoms with van der Waals surface area (Å²) in [5.41, 5.74) is 1.09. The molecule has 0 atom stereocenters. The van der Waals surface area contributed by atoms with E-state index in [9.17, 15) is 0 Å². The number of nitrogens with one attached hydrogen (secondary N) is 1. The Morgan fingerprint density at radius 3 is 3.24 bits per heavy atom. The molecule has 0 aliphatic carbocycles. The first kappa shape index (κ1) is 12.9. The highest BCUT2D eigenvalue weighted by Crippen LogP contribution is 2.11. The minimum absolute atomic E-state index is 0.297. The molecule has 2 N–H and O–H groups in total. The number of aromatic nitrogens is 2. The quantitative estimate of drug-likeness (QED) is 0.716. The maximum Gasteiger partial charge on any atom is 0.193 e. The molecule has 0 amide bonds. The topological polar surface area (TPSA) is 49.6 Å². The van der Waals surface area contributed by atoms with Gasteiger partial charge < -0.3 is 10.4 Å². The standard InChI is InChI=1S/C11H17N3OS2/c15-4-1-5-16-6-2-12-8-10-9-14-3-7-17-11(14)13-10/h3,7,9,12,15H,1-2,4-6,8H2. The van der Waals surface area contributed by atoms with E-state index in [0.29, 0.717) is 6.61 Å². The Labute approximate surface area is 109 Å². The van der Waals surface area contributed by atoms with Gasteiger partial charge in [-0.1, -0.05) is 0 Å². The molecule has 0 aliphatic rings. The first-order chi connectivity index (χ1) is 8.40. The van der Waals surface area contributed by atoms with Crippen molar-refractivity contribution in [2.45, 2.75) is 13.0 Å². The third-order valence-electron chi connectivity index (χ3n) is 2.32. The fraction of sp³-hybridized carbons (Fsp3) is 0.545. The van der Waals surface area contributed by atoms with E-state index in [1.165, 1.54) is 0 Å². The molecule has 2 rings (SSSR count). The highest BCUT2D eigenvalue weighted by Gasteiger charge is 2.01. The van der Waals surface area contributed by atoms with E-state index in [2.05, 4.69) is 20.9 Å². The maximum absolute atomic E-state index is 8.63. The first-order valence-corrected chi connectivity index (χ1v) is 7.74. The van der Waals surface area contributed by atoms with E-state index in [1.807, 2.05) is 23.3 Å². The number of hydrogen-bond donors (Lipinski definition) is 2. The molecule has 2 aromatic rings. The van der Waals surface area contributed by atoms with Gasteiger partial charge in [0.25, 0.3) is 0 Å². The summed E-state index contributed by atoms with van der Waals surface area (Å²) in [6.45, 7) is 2.11. The molecule has 2 heterocycles. The lowest BCUT2D eigenvalue weighted by Crippen LogP contribution is -2.16. The van der Waals surface area contributed by atoms with Crippen LogP contribution < -0.4 is 5.32 Å². The number of thioether (sulfide) groups is 1. The Hall–Kier alpha value is -0.560. The van der Waals surface area contributed by atoms with Crippen LogP contribution in [0.3, 0.4) is 0 Å². The number of fused-ring (bicyclic) bond motifs is 1. The normalized spacial score (nSPS) is 11.4. The lowest BCUT2D eigenvalue weighted by atomic mass is 10.5. The Kier molecular flexibility index (Phi) is 5.31. The minimum Gasteiger partial charge on any atom is -0.396 e. The highest BCUT2D eigenvalue weighted by atomic mass is 32.2. The number of aliphatic hydroxyl groups is 1. The molecule has 0 unspecified atom stereocenters. The van der Waals surface area contributed by atoms with Gasteiger partial charge in [0.2, 0.25) is 0 Å². The van der Waals surface area contributed by atoms with Gasteiger partial charge in [0.1, 0.15) is 0 Å². The largest absolute Gasteiger partial charge is 0.396 e. The summed E-state index contributed by atoms with van der Waals surface area (Å²) in [7, 11) is 0. The van der Waals surface area contributed by atoms with Crippen molar-refractivity contribution in [3.8, 4) is 0 Å². The van der Waals surface area contributed by atoms with Crippen LogP contribution in [0.25, 0.3) is 4.96 Å². The smallest absolute Gasteiger partial charge is 0.193 e. The van der Waals surface area contributed by atoms with E-state index in [0.717, 1.165) is 41.7 Å². The van der Waals surface area contributed by atoms with Crippen LogP contribution in [0.2, 0.25) is 0 Å². The van der Waals surface area contributed by atoms with Crippen LogP contribution >= 0.6 is 23.1 Å². The van der Waals surface area contributed by atoms with Crippen LogP contribution in [0.4, 0.5) is 0 Å². The van der Waals surface area contributed by atoms with Gasteiger partial charge in [0.05, 0.1) is 5.69 Å². The zero-order valence-corrected chi connectivity index (χ0v) is 11.3. The van der Waals surface area contributed by atoms with Gasteiger partial charge in [-0.2, -0.15) is 11.8 Å². The third-order valence-corrected chi connectivity index (χ3v) is 4.16. The molecule has 0 fully saturated rings. The molecule has 6 heteroatoms. The fourth-order valence-electron chi connectivity index (χ4n) is 1.49. The molecule has 0 aliphatic heterocycles. The SMILES string of the molecule is OCCCSCCNCc1cn2ccsc2n1. The molecule has 0 saturated carbocycles. The summed E-state index contributed by atoms with van der Waals surface area (Å²) < 4.78 is 2.05. The van der Waals surface area contributed by atoms with Gasteiger partial charge in [-0.3, -0.25) is 4.40 Å². The zero-order valence-electron chi connectivity index (χ0n) is 9.63. The highest BCUT2D eigenvalue weighted by molar-refractivity contribution is 7.99. The number of imidazole rings is 1. The first-order valence-electron chi connectivity index (χ1n) is 5.70. The van der Waals surface area contributed by atoms with Crippen LogP contribution in [0.1, 0.15) is 12.1 Å². The van der Waals surface area contributed by atoms with Gasteiger partial charge in [-0.05, 0) is 12.2 Å². The average Bonchev–Trinajstić information content (AvgIpc) is 2.88. The van der Waals surface area contributed by atoms with Crippen molar-refractivity contribution in [2.75, 3.05) is 24.7 Å². The Morgan fingerprint density at radius 2 is 2.41 bits per heavy atom. The molecular formula is C11H17N3OS2. The van der Waals surface area contributed by atoms with Crippen LogP contribution in [-0.4, -0.2) is 39.1 Å². The monoisotopic (exact) mass is 271 g/mol. The van der Waals surface area contributed by atoms with Crippen LogP contribution in [0.5, 0.6) is 0 Å². The second-order valence-corrected chi connectivity index (χ2v) is 5.79. The average molecular weight is 271 g/mol. The van der Waals surface area contributed by atoms with Gasteiger partial charge >= 0.3 is 0 Å². The van der Waals surface area contributed by atoms with Crippen molar-refractivity contribution in [1.29, 1.82) is 0 Å². The summed E-state index contributed by atoms with van der Waals surface area (Å²) in [5.74, 6) is 2.13. The van der Waals surface area contributed by atoms with E-state index >= 15 is 0 Å². The molecule has 0 aromatic carbocycles. The molecule has 4 nitrogen and oxygen atoms in total. The Bertz CT molecular complexity index is 412. The third kappa shape index (κ3) is 3.99. The fourth-order valence-corrected chi connectivity index (χ4v) is 3.04. The number of thiazole rings is 1. The van der Waals surface area contributed by atoms with Crippen molar-refractivity contribution in [2.24, 2.45) is 0 Å². The lowest BCUT2D eigenvalue weighted by molar-refractivity contribution is 0.296. The van der Waals surface area contributed by atoms with Crippen LogP contribution in [-0.2, 0) is 6.54 Å². The van der Waals surface area contributed by atoms with Crippen molar-refractivity contribution in [1.82, 2.24) is 14.7 Å². The summed E-state index contributed by atoms with van der Waals surface area (Å²) in [6, 6.07) is 0. The minimum atomic E-state index is 0.297. The van der Waals surface area contributed by atoms with Crippen molar-refractivity contribution in [3.05, 3.63) is 23.5 Å². The molecule has 94 valence electrons. The van der Waals surface area contributed by atoms with E-state index in [1.54, 1.807) is 11.3 Å². The Morgan fingerprint density at radius 1 is 1.47 bits per heavy atom. The van der Waals surface area contributed by atoms with Crippen LogP contribution in [0, 0.1) is 0 Å². The lowest BCUT2D eigenvalue weighted by Gasteiger charge is -2.02. The predicted octanol–water partition coefficient (Wildman–Crippen LogP) is 1.60. The maximum atomic E-state index is 8.63. The number of rotatable bonds is 8. The van der Waals surface area contributed by atoms with Crippen molar-refractivity contribution >= 4 is 28.1 Å². The number of hydrogen-bond acceptors (Lipinski definition) is 5. The van der Waals surface area contributed by atoms with E-state index in [4.69, 9.17) is 5.11 Å². The molecular weight excluding hydrogens is 254 g/mol. The van der Waals surface area contributed by atoms with Crippen LogP contribution in [0.15, 0.2) is 17.8 Å². The molecule has 2 aromatic heterocycles. The summed E-state index contributed by atoms with van der Waals surface area (Å²) in [5, 5.41) is 14.0. The second kappa shape index (κ2) is 7.00. The summed E-state index contributed by atoms with van der Waals surface area (Å²) >= 11 is 3.53. The summed E-state index contributed by atoms with van der Waals surface area (Å²) in [6.07, 6.45) is 4.99. The molecule has 0 saturated heterocycles. The zero-order chi connectivity index (χ0) is 11.9. The van der Waals surface area contributed by atoms with E-state index in [-0.39, 0.29) is 0 Å². The molecule has 17 heavy (non-hydrogen) atoms. The molecule has 0 spiro atoms. The second-order valence-electron chi connectivity index (χ2n) is 3.69. The molecule has 0 bridgehead atoms. The van der Waals surface area contributed by atoms with Crippen molar-refractivity contribution in [3.63, 3.8) is 0 Å². The van der Waals surface area contributed by atoms with E-state index < -0.39 is 0 Å². The van der Waals surface area contributed by atoms with Gasteiger partial charge in [0.15, 0.2) is 4.96 Å². The van der Waals surface area contributed by atoms with Gasteiger partial charge in [0, 0.05) is 43.2 Å². The predicted molar refractivity (Wildman–Crippen MR) is 73.8 cm³/mol. The number of nitrogens with zero attached hydrogens (tertiary/aromatic N) is 2. The van der Waals surface area contributed by atoms with Gasteiger partial charge in [-0.15, -0.1) is 11.3 Å². The Balaban J connectivity index is 1.60. The number of aliphatic hydroxyl groups excluding tert-OH is 1. The summed E-state index contributed by atoms with van der Waals surface area (Å²) in [4.78, 5) is 5.55. The molecule has 0 radical (unpaired) electrons.